The molecule has 2 heterocycles. The van der Waals surface area contributed by atoms with Crippen molar-refractivity contribution in [2.45, 2.75) is 6.92 Å². The molecule has 0 atom stereocenters. The Morgan fingerprint density at radius 3 is 2.78 bits per heavy atom. The molecule has 9 heteroatoms. The van der Waals surface area contributed by atoms with Gasteiger partial charge in [0.15, 0.2) is 6.26 Å². The van der Waals surface area contributed by atoms with Crippen molar-refractivity contribution in [2.24, 2.45) is 5.16 Å². The van der Waals surface area contributed by atoms with Crippen LogP contribution in [0, 0.1) is 17.0 Å². The van der Waals surface area contributed by atoms with Gasteiger partial charge in [0.1, 0.15) is 10.7 Å². The molecule has 94 valence electrons. The van der Waals surface area contributed by atoms with Crippen LogP contribution in [0.4, 0.5) is 5.69 Å². The summed E-state index contributed by atoms with van der Waals surface area (Å²) in [7, 11) is 0. The van der Waals surface area contributed by atoms with E-state index >= 15 is 0 Å². The Hall–Kier alpha value is -2.84. The first-order valence-electron chi connectivity index (χ1n) is 4.67. The summed E-state index contributed by atoms with van der Waals surface area (Å²) in [5, 5.41) is 31.3. The Morgan fingerprint density at radius 1 is 1.56 bits per heavy atom. The molecule has 0 saturated heterocycles. The fourth-order valence-corrected chi connectivity index (χ4v) is 1.53. The monoisotopic (exact) mass is 253 g/mol. The van der Waals surface area contributed by atoms with Crippen molar-refractivity contribution < 1.29 is 19.8 Å². The van der Waals surface area contributed by atoms with Crippen molar-refractivity contribution in [3.8, 4) is 0 Å². The van der Waals surface area contributed by atoms with Gasteiger partial charge in [-0.1, -0.05) is 5.16 Å². The van der Waals surface area contributed by atoms with Crippen LogP contribution < -0.4 is 10.8 Å². The molecule has 0 aromatic carbocycles. The fraction of sp³-hybridized carbons (Fsp3) is 0.111. The lowest BCUT2D eigenvalue weighted by Gasteiger charge is -2.05. The normalized spacial score (nSPS) is 11.9. The maximum Gasteiger partial charge on any atom is 0.351 e. The Bertz CT molecular complexity index is 772. The second kappa shape index (κ2) is 3.87. The maximum absolute atomic E-state index is 11.8. The molecule has 0 saturated carbocycles. The van der Waals surface area contributed by atoms with E-state index in [0.717, 1.165) is 0 Å². The first-order chi connectivity index (χ1) is 8.47. The highest BCUT2D eigenvalue weighted by Gasteiger charge is 2.20. The minimum atomic E-state index is -1.00. The van der Waals surface area contributed by atoms with Crippen LogP contribution >= 0.6 is 0 Å². The molecule has 0 aliphatic carbocycles. The number of nitrogens with zero attached hydrogens (tertiary/aromatic N) is 3. The van der Waals surface area contributed by atoms with Gasteiger partial charge in [0.2, 0.25) is 5.71 Å². The Kier molecular flexibility index (Phi) is 2.51. The molecule has 0 radical (unpaired) electrons. The minimum Gasteiger partial charge on any atom is -0.438 e. The molecule has 2 aromatic rings. The second-order valence-corrected chi connectivity index (χ2v) is 3.47. The van der Waals surface area contributed by atoms with E-state index in [-0.39, 0.29) is 22.2 Å². The number of aromatic nitrogens is 1. The van der Waals surface area contributed by atoms with Crippen LogP contribution in [-0.2, 0) is 0 Å². The summed E-state index contributed by atoms with van der Waals surface area (Å²) in [6, 6.07) is 1.18. The number of aryl methyl sites for hydroxylation is 1. The Balaban J connectivity index is 3.12. The molecule has 0 aliphatic rings. The molecule has 0 aliphatic heterocycles. The topological polar surface area (TPSA) is 131 Å². The number of fused-ring (bicyclic) bond motifs is 1. The van der Waals surface area contributed by atoms with E-state index in [1.165, 1.54) is 13.0 Å². The molecule has 2 rings (SSSR count). The fourth-order valence-electron chi connectivity index (χ4n) is 1.53. The first-order valence-corrected chi connectivity index (χ1v) is 4.67. The van der Waals surface area contributed by atoms with Crippen molar-refractivity contribution >= 4 is 16.8 Å². The van der Waals surface area contributed by atoms with Crippen LogP contribution in [-0.4, -0.2) is 20.1 Å². The van der Waals surface area contributed by atoms with Gasteiger partial charge >= 0.3 is 5.69 Å². The van der Waals surface area contributed by atoms with E-state index in [1.807, 2.05) is 0 Å². The van der Waals surface area contributed by atoms with Gasteiger partial charge in [0.25, 0.3) is 5.43 Å². The summed E-state index contributed by atoms with van der Waals surface area (Å²) in [5.41, 5.74) is -1.92. The lowest BCUT2D eigenvalue weighted by molar-refractivity contribution is -0.386. The molecular weight excluding hydrogens is 246 g/mol. The largest absolute Gasteiger partial charge is 0.438 e. The number of pyridine rings is 1. The molecular formula is C9H7N3O6. The highest BCUT2D eigenvalue weighted by atomic mass is 16.6. The third kappa shape index (κ3) is 1.49. The summed E-state index contributed by atoms with van der Waals surface area (Å²) in [6.07, 6.45) is 0.623. The van der Waals surface area contributed by atoms with Crippen LogP contribution in [0.3, 0.4) is 0 Å². The van der Waals surface area contributed by atoms with Crippen LogP contribution in [0.1, 0.15) is 5.69 Å². The first kappa shape index (κ1) is 11.6. The zero-order chi connectivity index (χ0) is 13.4. The zero-order valence-corrected chi connectivity index (χ0v) is 9.02. The van der Waals surface area contributed by atoms with Crippen molar-refractivity contribution in [1.82, 2.24) is 4.73 Å². The highest BCUT2D eigenvalue weighted by Crippen LogP contribution is 2.12. The van der Waals surface area contributed by atoms with Crippen molar-refractivity contribution in [3.05, 3.63) is 43.7 Å². The third-order valence-corrected chi connectivity index (χ3v) is 2.39. The van der Waals surface area contributed by atoms with Gasteiger partial charge in [-0.3, -0.25) is 14.9 Å². The van der Waals surface area contributed by atoms with Gasteiger partial charge in [0.05, 0.1) is 10.6 Å². The molecule has 9 nitrogen and oxygen atoms in total. The summed E-state index contributed by atoms with van der Waals surface area (Å²) in [6.45, 7) is 1.47. The molecule has 0 amide bonds. The standard InChI is InChI=1S/C9H7N3O6/c1-4-2-5(10-14)7-8(13)6(12(16)17)3-18-9(7)11(4)15/h2-3,14-15H,1H3/b10-5-. The van der Waals surface area contributed by atoms with Crippen LogP contribution in [0.5, 0.6) is 0 Å². The summed E-state index contributed by atoms with van der Waals surface area (Å²) in [4.78, 5) is 21.5. The molecule has 0 fully saturated rings. The number of hydrogen-bond donors (Lipinski definition) is 2. The predicted molar refractivity (Wildman–Crippen MR) is 56.4 cm³/mol. The molecule has 2 N–H and O–H groups in total. The third-order valence-electron chi connectivity index (χ3n) is 2.39. The number of nitro groups is 1. The summed E-state index contributed by atoms with van der Waals surface area (Å²) in [5.74, 6) is 0. The zero-order valence-electron chi connectivity index (χ0n) is 9.02. The van der Waals surface area contributed by atoms with Gasteiger partial charge in [-0.15, -0.1) is 0 Å². The van der Waals surface area contributed by atoms with Crippen LogP contribution in [0.25, 0.3) is 11.1 Å². The second-order valence-electron chi connectivity index (χ2n) is 3.47. The molecule has 0 unspecified atom stereocenters. The smallest absolute Gasteiger partial charge is 0.351 e. The highest BCUT2D eigenvalue weighted by molar-refractivity contribution is 5.74. The average molecular weight is 253 g/mol. The van der Waals surface area contributed by atoms with E-state index in [2.05, 4.69) is 5.16 Å². The van der Waals surface area contributed by atoms with Crippen molar-refractivity contribution in [3.63, 3.8) is 0 Å². The Morgan fingerprint density at radius 2 is 2.22 bits per heavy atom. The van der Waals surface area contributed by atoms with Gasteiger partial charge in [-0.25, -0.2) is 0 Å². The quantitative estimate of drug-likeness (QED) is 0.326. The summed E-state index contributed by atoms with van der Waals surface area (Å²) >= 11 is 0. The molecule has 0 spiro atoms. The predicted octanol–water partition coefficient (Wildman–Crippen LogP) is 0.338. The number of hydrogen-bond acceptors (Lipinski definition) is 7. The van der Waals surface area contributed by atoms with Crippen molar-refractivity contribution in [2.75, 3.05) is 0 Å². The van der Waals surface area contributed by atoms with E-state index in [4.69, 9.17) is 9.62 Å². The van der Waals surface area contributed by atoms with Crippen LogP contribution in [0.15, 0.2) is 26.7 Å². The van der Waals surface area contributed by atoms with Gasteiger partial charge < -0.3 is 14.8 Å². The number of rotatable bonds is 1. The Labute approximate surface area is 97.9 Å². The molecule has 2 aromatic heterocycles. The van der Waals surface area contributed by atoms with Gasteiger partial charge in [-0.05, 0) is 13.0 Å². The van der Waals surface area contributed by atoms with Crippen LogP contribution in [0.2, 0.25) is 0 Å². The molecule has 18 heavy (non-hydrogen) atoms. The molecule has 0 bridgehead atoms. The van der Waals surface area contributed by atoms with E-state index < -0.39 is 16.0 Å². The SMILES string of the molecule is Cc1c/c(=N/O)c2c(=O)c([N+](=O)[O-])coc2n1O. The lowest BCUT2D eigenvalue weighted by atomic mass is 10.2. The minimum absolute atomic E-state index is 0.217. The average Bonchev–Trinajstić information content (AvgIpc) is 2.33. The van der Waals surface area contributed by atoms with E-state index in [9.17, 15) is 20.1 Å². The van der Waals surface area contributed by atoms with E-state index in [0.29, 0.717) is 11.0 Å². The van der Waals surface area contributed by atoms with Crippen molar-refractivity contribution in [1.29, 1.82) is 0 Å². The van der Waals surface area contributed by atoms with Gasteiger partial charge in [-0.2, -0.15) is 4.73 Å². The van der Waals surface area contributed by atoms with Gasteiger partial charge in [0, 0.05) is 0 Å². The maximum atomic E-state index is 11.8. The lowest BCUT2D eigenvalue weighted by Crippen LogP contribution is -2.20. The summed E-state index contributed by atoms with van der Waals surface area (Å²) < 4.78 is 5.38. The van der Waals surface area contributed by atoms with E-state index in [1.54, 1.807) is 0 Å².